The summed E-state index contributed by atoms with van der Waals surface area (Å²) in [5.41, 5.74) is 12.8. The van der Waals surface area contributed by atoms with Crippen LogP contribution in [0, 0.1) is 0 Å². The Morgan fingerprint density at radius 2 is 0.833 bits per heavy atom. The van der Waals surface area contributed by atoms with E-state index in [-0.39, 0.29) is 0 Å². The summed E-state index contributed by atoms with van der Waals surface area (Å²) in [4.78, 5) is 0. The minimum atomic E-state index is -0.426. The van der Waals surface area contributed by atoms with Crippen LogP contribution < -0.4 is 0 Å². The second-order valence-electron chi connectivity index (χ2n) is 9.82. The lowest BCUT2D eigenvalue weighted by atomic mass is 9.66. The van der Waals surface area contributed by atoms with Crippen molar-refractivity contribution in [1.82, 2.24) is 0 Å². The van der Waals surface area contributed by atoms with Crippen molar-refractivity contribution in [3.05, 3.63) is 154 Å². The Hall–Kier alpha value is -3.94. The van der Waals surface area contributed by atoms with E-state index in [9.17, 15) is 0 Å². The van der Waals surface area contributed by atoms with E-state index < -0.39 is 5.41 Å². The van der Waals surface area contributed by atoms with Gasteiger partial charge in [0.15, 0.2) is 0 Å². The van der Waals surface area contributed by atoms with Crippen LogP contribution in [0.25, 0.3) is 44.2 Å². The van der Waals surface area contributed by atoms with E-state index in [1.165, 1.54) is 66.4 Å². The van der Waals surface area contributed by atoms with Crippen LogP contribution in [0.4, 0.5) is 0 Å². The van der Waals surface area contributed by atoms with E-state index in [2.05, 4.69) is 143 Å². The largest absolute Gasteiger partial charge is 0.0726 e. The Morgan fingerprint density at radius 1 is 0.361 bits per heavy atom. The van der Waals surface area contributed by atoms with Gasteiger partial charge < -0.3 is 0 Å². The number of benzene rings is 6. The fraction of sp³-hybridized carbons (Fsp3) is 0.0286. The van der Waals surface area contributed by atoms with Gasteiger partial charge in [0.05, 0.1) is 5.41 Å². The third kappa shape index (κ3) is 2.49. The lowest BCUT2D eigenvalue weighted by molar-refractivity contribution is 0.776. The van der Waals surface area contributed by atoms with Crippen molar-refractivity contribution in [3.63, 3.8) is 0 Å². The summed E-state index contributed by atoms with van der Waals surface area (Å²) in [6, 6.07) is 47.4. The van der Waals surface area contributed by atoms with Gasteiger partial charge in [-0.05, 0) is 90.7 Å². The molecular weight excluding hydrogens is 500 g/mol. The molecule has 0 saturated heterocycles. The van der Waals surface area contributed by atoms with Crippen molar-refractivity contribution in [1.29, 1.82) is 0 Å². The summed E-state index contributed by atoms with van der Waals surface area (Å²) < 4.78 is 1.10. The normalized spacial score (nSPS) is 16.6. The van der Waals surface area contributed by atoms with E-state index in [4.69, 9.17) is 0 Å². The molecule has 1 spiro atoms. The van der Waals surface area contributed by atoms with Crippen molar-refractivity contribution in [2.45, 2.75) is 5.41 Å². The van der Waals surface area contributed by atoms with Gasteiger partial charge in [-0.15, -0.1) is 0 Å². The van der Waals surface area contributed by atoms with Gasteiger partial charge in [0.25, 0.3) is 0 Å². The van der Waals surface area contributed by atoms with Crippen molar-refractivity contribution >= 4 is 26.7 Å². The second kappa shape index (κ2) is 7.29. The molecule has 0 nitrogen and oxygen atoms in total. The molecule has 0 saturated carbocycles. The quantitative estimate of drug-likeness (QED) is 0.186. The Morgan fingerprint density at radius 3 is 1.50 bits per heavy atom. The standard InChI is InChI=1S/C35H21Br/c36-24-17-18-29-26-12-4-3-11-25(26)27-13-5-7-15-31(27)35(34(29)21-24)32-16-8-6-14-28(32)30-19-22-9-1-2-10-23(22)20-33(30)35/h1-21H. The fourth-order valence-electron chi connectivity index (χ4n) is 6.75. The molecule has 1 unspecified atom stereocenters. The maximum Gasteiger partial charge on any atom is 0.0726 e. The molecular formula is C35H21Br. The van der Waals surface area contributed by atoms with Crippen LogP contribution in [0.1, 0.15) is 22.3 Å². The molecule has 0 aliphatic heterocycles. The molecule has 0 heterocycles. The highest BCUT2D eigenvalue weighted by Gasteiger charge is 2.49. The van der Waals surface area contributed by atoms with Gasteiger partial charge in [-0.25, -0.2) is 0 Å². The van der Waals surface area contributed by atoms with Gasteiger partial charge in [-0.3, -0.25) is 0 Å². The average molecular weight is 521 g/mol. The second-order valence-corrected chi connectivity index (χ2v) is 10.7. The molecule has 0 N–H and O–H groups in total. The van der Waals surface area contributed by atoms with Gasteiger partial charge in [0.2, 0.25) is 0 Å². The zero-order valence-corrected chi connectivity index (χ0v) is 21.1. The van der Waals surface area contributed by atoms with E-state index in [0.29, 0.717) is 0 Å². The topological polar surface area (TPSA) is 0 Å². The summed E-state index contributed by atoms with van der Waals surface area (Å²) in [6.45, 7) is 0. The molecule has 8 rings (SSSR count). The highest BCUT2D eigenvalue weighted by molar-refractivity contribution is 9.10. The molecule has 0 radical (unpaired) electrons. The Bertz CT molecular complexity index is 1860. The Balaban J connectivity index is 1.66. The van der Waals surface area contributed by atoms with Crippen LogP contribution in [0.3, 0.4) is 0 Å². The monoisotopic (exact) mass is 520 g/mol. The molecule has 1 heteroatoms. The van der Waals surface area contributed by atoms with Gasteiger partial charge in [0, 0.05) is 4.47 Å². The third-order valence-electron chi connectivity index (χ3n) is 8.14. The first-order valence-corrected chi connectivity index (χ1v) is 13.2. The highest BCUT2D eigenvalue weighted by atomic mass is 79.9. The van der Waals surface area contributed by atoms with E-state index in [1.807, 2.05) is 0 Å². The average Bonchev–Trinajstić information content (AvgIpc) is 3.16. The van der Waals surface area contributed by atoms with Crippen LogP contribution in [0.5, 0.6) is 0 Å². The maximum absolute atomic E-state index is 3.85. The fourth-order valence-corrected chi connectivity index (χ4v) is 7.11. The van der Waals surface area contributed by atoms with Crippen molar-refractivity contribution in [2.24, 2.45) is 0 Å². The first-order chi connectivity index (χ1) is 17.8. The lowest BCUT2D eigenvalue weighted by Crippen LogP contribution is -2.29. The smallest absolute Gasteiger partial charge is 0.0619 e. The van der Waals surface area contributed by atoms with Gasteiger partial charge in [0.1, 0.15) is 0 Å². The molecule has 0 aromatic heterocycles. The Labute approximate surface area is 219 Å². The van der Waals surface area contributed by atoms with Crippen LogP contribution in [0.2, 0.25) is 0 Å². The zero-order chi connectivity index (χ0) is 23.9. The predicted molar refractivity (Wildman–Crippen MR) is 153 cm³/mol. The van der Waals surface area contributed by atoms with Gasteiger partial charge in [-0.2, -0.15) is 0 Å². The summed E-state index contributed by atoms with van der Waals surface area (Å²) in [7, 11) is 0. The minimum absolute atomic E-state index is 0.426. The van der Waals surface area contributed by atoms with Crippen LogP contribution >= 0.6 is 15.9 Å². The molecule has 2 aliphatic carbocycles. The number of rotatable bonds is 0. The molecule has 2 aliphatic rings. The van der Waals surface area contributed by atoms with Crippen molar-refractivity contribution in [3.8, 4) is 33.4 Å². The van der Waals surface area contributed by atoms with Crippen LogP contribution in [-0.4, -0.2) is 0 Å². The van der Waals surface area contributed by atoms with Crippen molar-refractivity contribution < 1.29 is 0 Å². The SMILES string of the molecule is Brc1ccc2c(c1)C1(c3ccccc3-c3ccccc3-2)c2ccccc2-c2cc3ccccc3cc21. The molecule has 0 bridgehead atoms. The lowest BCUT2D eigenvalue weighted by Gasteiger charge is -2.35. The van der Waals surface area contributed by atoms with E-state index in [0.717, 1.165) is 4.47 Å². The van der Waals surface area contributed by atoms with E-state index in [1.54, 1.807) is 0 Å². The third-order valence-corrected chi connectivity index (χ3v) is 8.63. The van der Waals surface area contributed by atoms with Crippen molar-refractivity contribution in [2.75, 3.05) is 0 Å². The number of hydrogen-bond acceptors (Lipinski definition) is 0. The van der Waals surface area contributed by atoms with Crippen LogP contribution in [0.15, 0.2) is 132 Å². The molecule has 1 atom stereocenters. The summed E-state index contributed by atoms with van der Waals surface area (Å²) >= 11 is 3.85. The molecule has 36 heavy (non-hydrogen) atoms. The van der Waals surface area contributed by atoms with Gasteiger partial charge in [-0.1, -0.05) is 119 Å². The maximum atomic E-state index is 3.85. The summed E-state index contributed by atoms with van der Waals surface area (Å²) in [5.74, 6) is 0. The van der Waals surface area contributed by atoms with Crippen LogP contribution in [-0.2, 0) is 5.41 Å². The van der Waals surface area contributed by atoms with Gasteiger partial charge >= 0.3 is 0 Å². The Kier molecular flexibility index (Phi) is 4.10. The first kappa shape index (κ1) is 20.3. The summed E-state index contributed by atoms with van der Waals surface area (Å²) in [5, 5.41) is 2.56. The minimum Gasteiger partial charge on any atom is -0.0619 e. The molecule has 6 aromatic rings. The molecule has 0 fully saturated rings. The number of halogens is 1. The zero-order valence-electron chi connectivity index (χ0n) is 19.5. The summed E-state index contributed by atoms with van der Waals surface area (Å²) in [6.07, 6.45) is 0. The number of fused-ring (bicyclic) bond motifs is 13. The predicted octanol–water partition coefficient (Wildman–Crippen LogP) is 9.61. The van der Waals surface area contributed by atoms with E-state index >= 15 is 0 Å². The molecule has 6 aromatic carbocycles. The first-order valence-electron chi connectivity index (χ1n) is 12.4. The highest BCUT2D eigenvalue weighted by Crippen LogP contribution is 2.62. The number of hydrogen-bond donors (Lipinski definition) is 0. The molecule has 168 valence electrons. The molecule has 0 amide bonds.